The fourth-order valence-electron chi connectivity index (χ4n) is 2.15. The maximum atomic E-state index is 6.31. The van der Waals surface area contributed by atoms with Gasteiger partial charge in [0.25, 0.3) is 0 Å². The summed E-state index contributed by atoms with van der Waals surface area (Å²) in [7, 11) is 0. The summed E-state index contributed by atoms with van der Waals surface area (Å²) in [4.78, 5) is 4.37. The summed E-state index contributed by atoms with van der Waals surface area (Å²) in [5.41, 5.74) is 2.30. The molecule has 0 spiro atoms. The Bertz CT molecular complexity index is 358. The zero-order valence-corrected chi connectivity index (χ0v) is 12.3. The first kappa shape index (κ1) is 14.5. The largest absolute Gasteiger partial charge is 0.261 e. The van der Waals surface area contributed by atoms with Gasteiger partial charge in [0.2, 0.25) is 0 Å². The van der Waals surface area contributed by atoms with Gasteiger partial charge in [-0.15, -0.1) is 0 Å². The fourth-order valence-corrected chi connectivity index (χ4v) is 2.62. The van der Waals surface area contributed by atoms with Gasteiger partial charge in [0, 0.05) is 16.9 Å². The van der Waals surface area contributed by atoms with E-state index in [0.29, 0.717) is 0 Å². The van der Waals surface area contributed by atoms with Crippen LogP contribution in [-0.4, -0.2) is 4.98 Å². The quantitative estimate of drug-likeness (QED) is 0.628. The van der Waals surface area contributed by atoms with Gasteiger partial charge in [0.1, 0.15) is 0 Å². The van der Waals surface area contributed by atoms with E-state index < -0.39 is 0 Å². The number of aryl methyl sites for hydroxylation is 1. The molecule has 0 bridgehead atoms. The van der Waals surface area contributed by atoms with Crippen molar-refractivity contribution >= 4 is 11.6 Å². The molecule has 1 heterocycles. The van der Waals surface area contributed by atoms with E-state index in [1.165, 1.54) is 37.7 Å². The van der Waals surface area contributed by atoms with Crippen LogP contribution in [0.2, 0.25) is 5.02 Å². The second-order valence-corrected chi connectivity index (χ2v) is 5.91. The number of hydrogen-bond acceptors (Lipinski definition) is 1. The Morgan fingerprint density at radius 1 is 1.24 bits per heavy atom. The van der Waals surface area contributed by atoms with E-state index >= 15 is 0 Å². The van der Waals surface area contributed by atoms with Gasteiger partial charge in [-0.2, -0.15) is 0 Å². The van der Waals surface area contributed by atoms with E-state index in [1.807, 2.05) is 19.2 Å². The van der Waals surface area contributed by atoms with E-state index in [1.54, 1.807) is 0 Å². The lowest BCUT2D eigenvalue weighted by Gasteiger charge is -2.26. The van der Waals surface area contributed by atoms with Gasteiger partial charge in [-0.05, 0) is 30.4 Å². The maximum absolute atomic E-state index is 6.31. The molecule has 0 fully saturated rings. The van der Waals surface area contributed by atoms with Crippen molar-refractivity contribution in [1.82, 2.24) is 4.98 Å². The molecular formula is C15H24ClN. The minimum absolute atomic E-state index is 0.130. The molecule has 0 amide bonds. The van der Waals surface area contributed by atoms with Crippen LogP contribution in [0.3, 0.4) is 0 Å². The predicted octanol–water partition coefficient (Wildman–Crippen LogP) is 5.29. The third-order valence-corrected chi connectivity index (χ3v) is 3.69. The molecule has 0 aliphatic heterocycles. The molecule has 0 unspecified atom stereocenters. The van der Waals surface area contributed by atoms with Crippen molar-refractivity contribution in [3.8, 4) is 0 Å². The second-order valence-electron chi connectivity index (χ2n) is 5.50. The summed E-state index contributed by atoms with van der Waals surface area (Å²) in [6.07, 6.45) is 8.32. The lowest BCUT2D eigenvalue weighted by molar-refractivity contribution is 0.445. The summed E-state index contributed by atoms with van der Waals surface area (Å²) >= 11 is 6.31. The molecule has 0 aliphatic rings. The summed E-state index contributed by atoms with van der Waals surface area (Å²) in [5.74, 6) is 0. The highest BCUT2D eigenvalue weighted by atomic mass is 35.5. The Labute approximate surface area is 111 Å². The van der Waals surface area contributed by atoms with E-state index in [2.05, 4.69) is 25.8 Å². The van der Waals surface area contributed by atoms with Crippen LogP contribution < -0.4 is 0 Å². The van der Waals surface area contributed by atoms with Gasteiger partial charge in [-0.3, -0.25) is 4.98 Å². The molecule has 0 atom stereocenters. The number of halogens is 1. The SMILES string of the molecule is CCCCCCC(C)(C)c1cnc(C)cc1Cl. The van der Waals surface area contributed by atoms with E-state index in [4.69, 9.17) is 11.6 Å². The number of rotatable bonds is 6. The van der Waals surface area contributed by atoms with E-state index in [-0.39, 0.29) is 5.41 Å². The molecule has 1 rings (SSSR count). The maximum Gasteiger partial charge on any atom is 0.0476 e. The Hall–Kier alpha value is -0.560. The van der Waals surface area contributed by atoms with Crippen molar-refractivity contribution in [2.24, 2.45) is 0 Å². The van der Waals surface area contributed by atoms with Gasteiger partial charge in [0.05, 0.1) is 0 Å². The highest BCUT2D eigenvalue weighted by Crippen LogP contribution is 2.33. The van der Waals surface area contributed by atoms with Gasteiger partial charge in [0.15, 0.2) is 0 Å². The lowest BCUT2D eigenvalue weighted by atomic mass is 9.80. The molecule has 0 radical (unpaired) electrons. The van der Waals surface area contributed by atoms with Gasteiger partial charge >= 0.3 is 0 Å². The second kappa shape index (κ2) is 6.39. The van der Waals surface area contributed by atoms with Crippen LogP contribution in [0.15, 0.2) is 12.3 Å². The molecule has 1 aromatic heterocycles. The summed E-state index contributed by atoms with van der Waals surface area (Å²) < 4.78 is 0. The summed E-state index contributed by atoms with van der Waals surface area (Å²) in [6.45, 7) is 8.74. The number of unbranched alkanes of at least 4 members (excludes halogenated alkanes) is 3. The first-order valence-corrected chi connectivity index (χ1v) is 6.98. The van der Waals surface area contributed by atoms with Crippen molar-refractivity contribution in [2.75, 3.05) is 0 Å². The van der Waals surface area contributed by atoms with Crippen molar-refractivity contribution in [3.05, 3.63) is 28.5 Å². The summed E-state index contributed by atoms with van der Waals surface area (Å²) in [5, 5.41) is 0.859. The van der Waals surface area contributed by atoms with Crippen molar-refractivity contribution < 1.29 is 0 Å². The first-order chi connectivity index (χ1) is 7.97. The molecule has 0 saturated heterocycles. The number of aromatic nitrogens is 1. The third kappa shape index (κ3) is 4.31. The van der Waals surface area contributed by atoms with E-state index in [9.17, 15) is 0 Å². The Morgan fingerprint density at radius 2 is 1.94 bits per heavy atom. The third-order valence-electron chi connectivity index (χ3n) is 3.37. The van der Waals surface area contributed by atoms with Crippen molar-refractivity contribution in [1.29, 1.82) is 0 Å². The van der Waals surface area contributed by atoms with Crippen LogP contribution >= 0.6 is 11.6 Å². The average Bonchev–Trinajstić information content (AvgIpc) is 2.24. The minimum atomic E-state index is 0.130. The monoisotopic (exact) mass is 253 g/mol. The standard InChI is InChI=1S/C15H24ClN/c1-5-6-7-8-9-15(3,4)13-11-17-12(2)10-14(13)16/h10-11H,5-9H2,1-4H3. The predicted molar refractivity (Wildman–Crippen MR) is 75.8 cm³/mol. The molecular weight excluding hydrogens is 230 g/mol. The van der Waals surface area contributed by atoms with Crippen molar-refractivity contribution in [3.63, 3.8) is 0 Å². The Balaban J connectivity index is 2.68. The molecule has 1 aromatic rings. The van der Waals surface area contributed by atoms with Crippen LogP contribution in [0.5, 0.6) is 0 Å². The van der Waals surface area contributed by atoms with Crippen LogP contribution in [0.25, 0.3) is 0 Å². The highest BCUT2D eigenvalue weighted by Gasteiger charge is 2.23. The Kier molecular flexibility index (Phi) is 5.45. The number of pyridine rings is 1. The molecule has 1 nitrogen and oxygen atoms in total. The van der Waals surface area contributed by atoms with Crippen LogP contribution in [0.1, 0.15) is 64.1 Å². The lowest BCUT2D eigenvalue weighted by Crippen LogP contribution is -2.18. The normalized spacial score (nSPS) is 11.8. The molecule has 0 N–H and O–H groups in total. The van der Waals surface area contributed by atoms with Crippen LogP contribution in [-0.2, 0) is 5.41 Å². The topological polar surface area (TPSA) is 12.9 Å². The van der Waals surface area contributed by atoms with Crippen LogP contribution in [0.4, 0.5) is 0 Å². The van der Waals surface area contributed by atoms with E-state index in [0.717, 1.165) is 10.7 Å². The molecule has 0 saturated carbocycles. The molecule has 96 valence electrons. The number of nitrogens with zero attached hydrogens (tertiary/aromatic N) is 1. The first-order valence-electron chi connectivity index (χ1n) is 6.60. The Morgan fingerprint density at radius 3 is 2.53 bits per heavy atom. The molecule has 17 heavy (non-hydrogen) atoms. The van der Waals surface area contributed by atoms with Gasteiger partial charge in [-0.25, -0.2) is 0 Å². The van der Waals surface area contributed by atoms with Gasteiger partial charge < -0.3 is 0 Å². The zero-order chi connectivity index (χ0) is 12.9. The van der Waals surface area contributed by atoms with Gasteiger partial charge in [-0.1, -0.05) is 58.1 Å². The highest BCUT2D eigenvalue weighted by molar-refractivity contribution is 6.31. The minimum Gasteiger partial charge on any atom is -0.261 e. The van der Waals surface area contributed by atoms with Crippen LogP contribution in [0, 0.1) is 6.92 Å². The number of hydrogen-bond donors (Lipinski definition) is 0. The molecule has 2 heteroatoms. The van der Waals surface area contributed by atoms with Crippen molar-refractivity contribution in [2.45, 2.75) is 65.2 Å². The molecule has 0 aromatic carbocycles. The summed E-state index contributed by atoms with van der Waals surface area (Å²) in [6, 6.07) is 1.96. The smallest absolute Gasteiger partial charge is 0.0476 e. The zero-order valence-electron chi connectivity index (χ0n) is 11.5. The fraction of sp³-hybridized carbons (Fsp3) is 0.667. The average molecular weight is 254 g/mol. The molecule has 0 aliphatic carbocycles.